The fourth-order valence-electron chi connectivity index (χ4n) is 1.56. The lowest BCUT2D eigenvalue weighted by Crippen LogP contribution is -2.24. The van der Waals surface area contributed by atoms with Gasteiger partial charge < -0.3 is 5.32 Å². The fraction of sp³-hybridized carbons (Fsp3) is 0.133. The molecule has 2 nitrogen and oxygen atoms in total. The number of carbonyl (C=O) groups is 1. The zero-order chi connectivity index (χ0) is 14.4. The summed E-state index contributed by atoms with van der Waals surface area (Å²) in [5.74, 6) is -0.245. The fourth-order valence-corrected chi connectivity index (χ4v) is 2.45. The Morgan fingerprint density at radius 1 is 1.15 bits per heavy atom. The first-order chi connectivity index (χ1) is 9.65. The highest BCUT2D eigenvalue weighted by Crippen LogP contribution is 2.20. The van der Waals surface area contributed by atoms with E-state index in [1.54, 1.807) is 30.3 Å². The zero-order valence-corrected chi connectivity index (χ0v) is 12.2. The van der Waals surface area contributed by atoms with Gasteiger partial charge in [0.25, 0.3) is 0 Å². The van der Waals surface area contributed by atoms with Crippen molar-refractivity contribution in [3.05, 3.63) is 64.9 Å². The lowest BCUT2D eigenvalue weighted by atomic mass is 10.2. The van der Waals surface area contributed by atoms with Crippen LogP contribution in [0.3, 0.4) is 0 Å². The van der Waals surface area contributed by atoms with Crippen molar-refractivity contribution >= 4 is 29.3 Å². The Morgan fingerprint density at radius 2 is 1.85 bits per heavy atom. The Morgan fingerprint density at radius 3 is 2.55 bits per heavy atom. The van der Waals surface area contributed by atoms with E-state index in [-0.39, 0.29) is 17.5 Å². The van der Waals surface area contributed by atoms with Crippen molar-refractivity contribution in [2.75, 3.05) is 5.75 Å². The molecule has 1 N–H and O–H groups in total. The molecule has 5 heteroatoms. The largest absolute Gasteiger partial charge is 0.351 e. The molecule has 0 aliphatic carbocycles. The molecule has 0 spiro atoms. The van der Waals surface area contributed by atoms with Gasteiger partial charge in [0.15, 0.2) is 0 Å². The van der Waals surface area contributed by atoms with E-state index >= 15 is 0 Å². The van der Waals surface area contributed by atoms with E-state index in [0.717, 1.165) is 5.56 Å². The monoisotopic (exact) mass is 309 g/mol. The van der Waals surface area contributed by atoms with E-state index in [2.05, 4.69) is 5.32 Å². The molecule has 0 heterocycles. The Balaban J connectivity index is 1.78. The first kappa shape index (κ1) is 14.9. The van der Waals surface area contributed by atoms with Crippen molar-refractivity contribution in [2.45, 2.75) is 11.4 Å². The van der Waals surface area contributed by atoms with Crippen LogP contribution in [0.5, 0.6) is 0 Å². The molecule has 0 bridgehead atoms. The summed E-state index contributed by atoms with van der Waals surface area (Å²) < 4.78 is 13.4. The molecule has 20 heavy (non-hydrogen) atoms. The van der Waals surface area contributed by atoms with Gasteiger partial charge in [-0.15, -0.1) is 11.8 Å². The second-order valence-electron chi connectivity index (χ2n) is 4.12. The standard InChI is InChI=1S/C15H13ClFNOS/c16-12-7-5-11(6-8-12)9-18-15(19)10-20-14-4-2-1-3-13(14)17/h1-8H,9-10H2,(H,18,19). The number of nitrogens with one attached hydrogen (secondary N) is 1. The Hall–Kier alpha value is -1.52. The molecule has 0 aliphatic rings. The molecule has 1 amide bonds. The third-order valence-corrected chi connectivity index (χ3v) is 3.90. The third kappa shape index (κ3) is 4.54. The lowest BCUT2D eigenvalue weighted by molar-refractivity contribution is -0.118. The van der Waals surface area contributed by atoms with Gasteiger partial charge >= 0.3 is 0 Å². The van der Waals surface area contributed by atoms with Gasteiger partial charge in [-0.05, 0) is 29.8 Å². The molecule has 0 aromatic heterocycles. The quantitative estimate of drug-likeness (QED) is 0.849. The number of hydrogen-bond donors (Lipinski definition) is 1. The first-order valence-electron chi connectivity index (χ1n) is 6.03. The van der Waals surface area contributed by atoms with Crippen molar-refractivity contribution in [2.24, 2.45) is 0 Å². The molecule has 0 aliphatic heterocycles. The predicted molar refractivity (Wildman–Crippen MR) is 80.4 cm³/mol. The Kier molecular flexibility index (Phi) is 5.44. The van der Waals surface area contributed by atoms with Gasteiger partial charge in [0.1, 0.15) is 5.82 Å². The first-order valence-corrected chi connectivity index (χ1v) is 7.40. The maximum absolute atomic E-state index is 13.4. The zero-order valence-electron chi connectivity index (χ0n) is 10.6. The minimum atomic E-state index is -0.303. The minimum absolute atomic E-state index is 0.131. The molecule has 0 unspecified atom stereocenters. The highest BCUT2D eigenvalue weighted by molar-refractivity contribution is 8.00. The maximum Gasteiger partial charge on any atom is 0.230 e. The number of hydrogen-bond acceptors (Lipinski definition) is 2. The van der Waals surface area contributed by atoms with E-state index in [4.69, 9.17) is 11.6 Å². The maximum atomic E-state index is 13.4. The molecule has 0 radical (unpaired) electrons. The minimum Gasteiger partial charge on any atom is -0.351 e. The van der Waals surface area contributed by atoms with Crippen molar-refractivity contribution in [1.29, 1.82) is 0 Å². The summed E-state index contributed by atoms with van der Waals surface area (Å²) in [7, 11) is 0. The normalized spacial score (nSPS) is 10.3. The number of amides is 1. The second-order valence-corrected chi connectivity index (χ2v) is 5.58. The molecule has 2 aromatic rings. The number of benzene rings is 2. The molecular formula is C15H13ClFNOS. The third-order valence-electron chi connectivity index (χ3n) is 2.60. The molecule has 2 rings (SSSR count). The van der Waals surface area contributed by atoms with Crippen molar-refractivity contribution in [3.63, 3.8) is 0 Å². The average Bonchev–Trinajstić information content (AvgIpc) is 2.46. The van der Waals surface area contributed by atoms with Gasteiger partial charge in [-0.25, -0.2) is 4.39 Å². The number of halogens is 2. The summed E-state index contributed by atoms with van der Waals surface area (Å²) in [4.78, 5) is 12.2. The highest BCUT2D eigenvalue weighted by atomic mass is 35.5. The Labute approximate surface area is 126 Å². The van der Waals surface area contributed by atoms with Crippen molar-refractivity contribution < 1.29 is 9.18 Å². The topological polar surface area (TPSA) is 29.1 Å². The summed E-state index contributed by atoms with van der Waals surface area (Å²) in [6.07, 6.45) is 0. The highest BCUT2D eigenvalue weighted by Gasteiger charge is 2.06. The van der Waals surface area contributed by atoms with Crippen LogP contribution in [0.4, 0.5) is 4.39 Å². The van der Waals surface area contributed by atoms with Crippen LogP contribution in [-0.4, -0.2) is 11.7 Å². The molecular weight excluding hydrogens is 297 g/mol. The molecule has 104 valence electrons. The molecule has 2 aromatic carbocycles. The van der Waals surface area contributed by atoms with Crippen LogP contribution in [0.1, 0.15) is 5.56 Å². The number of thioether (sulfide) groups is 1. The number of rotatable bonds is 5. The van der Waals surface area contributed by atoms with Gasteiger partial charge in [0.2, 0.25) is 5.91 Å². The molecule has 0 atom stereocenters. The summed E-state index contributed by atoms with van der Waals surface area (Å²) in [5.41, 5.74) is 0.971. The van der Waals surface area contributed by atoms with Gasteiger partial charge in [0.05, 0.1) is 5.75 Å². The van der Waals surface area contributed by atoms with Gasteiger partial charge in [-0.2, -0.15) is 0 Å². The van der Waals surface area contributed by atoms with Crippen LogP contribution in [-0.2, 0) is 11.3 Å². The van der Waals surface area contributed by atoms with E-state index < -0.39 is 0 Å². The second kappa shape index (κ2) is 7.31. The van der Waals surface area contributed by atoms with Crippen LogP contribution in [0.25, 0.3) is 0 Å². The molecule has 0 saturated heterocycles. The van der Waals surface area contributed by atoms with Gasteiger partial charge in [-0.3, -0.25) is 4.79 Å². The smallest absolute Gasteiger partial charge is 0.230 e. The lowest BCUT2D eigenvalue weighted by Gasteiger charge is -2.06. The van der Waals surface area contributed by atoms with Crippen molar-refractivity contribution in [3.8, 4) is 0 Å². The van der Waals surface area contributed by atoms with Crippen LogP contribution < -0.4 is 5.32 Å². The van der Waals surface area contributed by atoms with Crippen LogP contribution in [0, 0.1) is 5.82 Å². The van der Waals surface area contributed by atoms with E-state index in [1.807, 2.05) is 12.1 Å². The predicted octanol–water partition coefficient (Wildman–Crippen LogP) is 3.89. The van der Waals surface area contributed by atoms with E-state index in [1.165, 1.54) is 17.8 Å². The molecule has 0 fully saturated rings. The summed E-state index contributed by atoms with van der Waals surface area (Å²) in [6.45, 7) is 0.438. The Bertz CT molecular complexity index is 589. The molecule has 0 saturated carbocycles. The van der Waals surface area contributed by atoms with Crippen LogP contribution >= 0.6 is 23.4 Å². The average molecular weight is 310 g/mol. The van der Waals surface area contributed by atoms with Gasteiger partial charge in [0, 0.05) is 16.5 Å². The van der Waals surface area contributed by atoms with Gasteiger partial charge in [-0.1, -0.05) is 35.9 Å². The van der Waals surface area contributed by atoms with E-state index in [9.17, 15) is 9.18 Å². The van der Waals surface area contributed by atoms with Crippen LogP contribution in [0.2, 0.25) is 5.02 Å². The number of carbonyl (C=O) groups excluding carboxylic acids is 1. The van der Waals surface area contributed by atoms with E-state index in [0.29, 0.717) is 16.5 Å². The van der Waals surface area contributed by atoms with Crippen LogP contribution in [0.15, 0.2) is 53.4 Å². The summed E-state index contributed by atoms with van der Waals surface area (Å²) in [5, 5.41) is 3.45. The van der Waals surface area contributed by atoms with Crippen molar-refractivity contribution in [1.82, 2.24) is 5.32 Å². The summed E-state index contributed by atoms with van der Waals surface area (Å²) in [6, 6.07) is 13.7. The SMILES string of the molecule is O=C(CSc1ccccc1F)NCc1ccc(Cl)cc1. The summed E-state index contributed by atoms with van der Waals surface area (Å²) >= 11 is 6.97.